The molecule has 1 aromatic rings. The maximum atomic E-state index is 14.1. The van der Waals surface area contributed by atoms with Crippen LogP contribution in [-0.4, -0.2) is 0 Å². The van der Waals surface area contributed by atoms with E-state index in [1.54, 1.807) is 0 Å². The first-order chi connectivity index (χ1) is 7.56. The van der Waals surface area contributed by atoms with E-state index in [2.05, 4.69) is 20.8 Å². The molecule has 0 nitrogen and oxygen atoms in total. The summed E-state index contributed by atoms with van der Waals surface area (Å²) in [6.07, 6.45) is 3.12. The molecule has 2 heteroatoms. The van der Waals surface area contributed by atoms with E-state index in [9.17, 15) is 4.39 Å². The highest BCUT2D eigenvalue weighted by atomic mass is 35.5. The zero-order chi connectivity index (χ0) is 11.9. The fourth-order valence-corrected chi connectivity index (χ4v) is 2.63. The third-order valence-corrected chi connectivity index (χ3v) is 3.64. The largest absolute Gasteiger partial charge is 0.205 e. The van der Waals surface area contributed by atoms with Crippen molar-refractivity contribution in [3.8, 4) is 0 Å². The molecule has 0 heterocycles. The van der Waals surface area contributed by atoms with Gasteiger partial charge >= 0.3 is 0 Å². The molecular formula is C14H18ClF. The van der Waals surface area contributed by atoms with Crippen molar-refractivity contribution in [1.29, 1.82) is 0 Å². The average molecular weight is 241 g/mol. The first kappa shape index (κ1) is 11.9. The minimum atomic E-state index is -0.176. The lowest BCUT2D eigenvalue weighted by Crippen LogP contribution is -2.04. The quantitative estimate of drug-likeness (QED) is 0.694. The second-order valence-corrected chi connectivity index (χ2v) is 5.34. The maximum absolute atomic E-state index is 14.1. The smallest absolute Gasteiger partial charge is 0.145 e. The molecule has 1 fully saturated rings. The van der Waals surface area contributed by atoms with Crippen LogP contribution in [0.1, 0.15) is 62.1 Å². The maximum Gasteiger partial charge on any atom is 0.145 e. The van der Waals surface area contributed by atoms with E-state index < -0.39 is 0 Å². The molecule has 0 saturated heterocycles. The van der Waals surface area contributed by atoms with Crippen LogP contribution >= 0.6 is 11.6 Å². The predicted molar refractivity (Wildman–Crippen MR) is 66.9 cm³/mol. The van der Waals surface area contributed by atoms with Crippen molar-refractivity contribution < 1.29 is 4.39 Å². The zero-order valence-electron chi connectivity index (χ0n) is 10.1. The molecule has 0 aliphatic heterocycles. The Morgan fingerprint density at radius 2 is 2.06 bits per heavy atom. The van der Waals surface area contributed by atoms with Crippen molar-refractivity contribution in [2.45, 2.75) is 51.9 Å². The molecule has 0 unspecified atom stereocenters. The second-order valence-electron chi connectivity index (χ2n) is 4.94. The Morgan fingerprint density at radius 3 is 2.50 bits per heavy atom. The number of benzene rings is 1. The molecule has 0 amide bonds. The van der Waals surface area contributed by atoms with Crippen LogP contribution in [-0.2, 0) is 6.42 Å². The second kappa shape index (κ2) is 4.37. The lowest BCUT2D eigenvalue weighted by molar-refractivity contribution is 0.605. The van der Waals surface area contributed by atoms with E-state index >= 15 is 0 Å². The van der Waals surface area contributed by atoms with Gasteiger partial charge in [0.05, 0.1) is 5.02 Å². The summed E-state index contributed by atoms with van der Waals surface area (Å²) in [7, 11) is 0. The highest BCUT2D eigenvalue weighted by Gasteiger charge is 2.31. The van der Waals surface area contributed by atoms with Crippen molar-refractivity contribution >= 4 is 11.6 Å². The van der Waals surface area contributed by atoms with Crippen LogP contribution in [0.3, 0.4) is 0 Å². The van der Waals surface area contributed by atoms with E-state index in [0.29, 0.717) is 16.9 Å². The molecule has 88 valence electrons. The molecular weight excluding hydrogens is 223 g/mol. The van der Waals surface area contributed by atoms with Gasteiger partial charge in [0.15, 0.2) is 0 Å². The predicted octanol–water partition coefficient (Wildman–Crippen LogP) is 5.04. The Morgan fingerprint density at radius 1 is 1.44 bits per heavy atom. The monoisotopic (exact) mass is 240 g/mol. The number of hydrogen-bond acceptors (Lipinski definition) is 0. The molecule has 0 aromatic heterocycles. The van der Waals surface area contributed by atoms with Crippen LogP contribution in [0.4, 0.5) is 4.39 Å². The van der Waals surface area contributed by atoms with E-state index in [4.69, 9.17) is 11.6 Å². The Bertz CT molecular complexity index is 406. The van der Waals surface area contributed by atoms with Gasteiger partial charge in [-0.15, -0.1) is 0 Å². The van der Waals surface area contributed by atoms with Crippen molar-refractivity contribution in [3.63, 3.8) is 0 Å². The molecule has 1 aliphatic rings. The lowest BCUT2D eigenvalue weighted by atomic mass is 9.89. The van der Waals surface area contributed by atoms with E-state index in [1.165, 1.54) is 11.1 Å². The molecule has 16 heavy (non-hydrogen) atoms. The van der Waals surface area contributed by atoms with E-state index in [1.807, 2.05) is 6.07 Å². The molecule has 0 radical (unpaired) electrons. The molecule has 1 aromatic carbocycles. The number of rotatable bonds is 3. The van der Waals surface area contributed by atoms with Gasteiger partial charge in [0, 0.05) is 0 Å². The van der Waals surface area contributed by atoms with Gasteiger partial charge in [-0.05, 0) is 53.9 Å². The van der Waals surface area contributed by atoms with Gasteiger partial charge in [0.2, 0.25) is 0 Å². The Kier molecular flexibility index (Phi) is 3.25. The normalized spacial score (nSPS) is 15.9. The SMILES string of the molecule is CCc1c(C(C)C)cc(Cl)c(F)c1C1CC1. The van der Waals surface area contributed by atoms with E-state index in [-0.39, 0.29) is 5.82 Å². The van der Waals surface area contributed by atoms with Crippen LogP contribution in [0.15, 0.2) is 6.07 Å². The fraction of sp³-hybridized carbons (Fsp3) is 0.571. The minimum absolute atomic E-state index is 0.176. The third kappa shape index (κ3) is 1.98. The summed E-state index contributed by atoms with van der Waals surface area (Å²) in [5, 5.41) is 0.294. The zero-order valence-corrected chi connectivity index (χ0v) is 10.9. The van der Waals surface area contributed by atoms with Crippen molar-refractivity contribution in [2.24, 2.45) is 0 Å². The fourth-order valence-electron chi connectivity index (χ4n) is 2.41. The third-order valence-electron chi connectivity index (χ3n) is 3.36. The first-order valence-electron chi connectivity index (χ1n) is 6.06. The standard InChI is InChI=1S/C14H18ClF/c1-4-10-11(8(2)3)7-12(15)14(16)13(10)9-5-6-9/h7-9H,4-6H2,1-3H3. The van der Waals surface area contributed by atoms with Gasteiger partial charge in [0.25, 0.3) is 0 Å². The summed E-state index contributed by atoms with van der Waals surface area (Å²) in [5.41, 5.74) is 3.31. The summed E-state index contributed by atoms with van der Waals surface area (Å²) >= 11 is 5.99. The highest BCUT2D eigenvalue weighted by molar-refractivity contribution is 6.30. The van der Waals surface area contributed by atoms with Gasteiger partial charge < -0.3 is 0 Å². The summed E-state index contributed by atoms with van der Waals surface area (Å²) in [5.74, 6) is 0.655. The topological polar surface area (TPSA) is 0 Å². The summed E-state index contributed by atoms with van der Waals surface area (Å²) < 4.78 is 14.1. The summed E-state index contributed by atoms with van der Waals surface area (Å²) in [6.45, 7) is 6.37. The van der Waals surface area contributed by atoms with Crippen molar-refractivity contribution in [3.05, 3.63) is 33.6 Å². The molecule has 0 N–H and O–H groups in total. The van der Waals surface area contributed by atoms with Crippen LogP contribution in [0.2, 0.25) is 5.02 Å². The van der Waals surface area contributed by atoms with Gasteiger partial charge in [-0.2, -0.15) is 0 Å². The average Bonchev–Trinajstić information content (AvgIpc) is 3.04. The van der Waals surface area contributed by atoms with Gasteiger partial charge in [-0.3, -0.25) is 0 Å². The molecule has 0 spiro atoms. The molecule has 2 rings (SSSR count). The van der Waals surface area contributed by atoms with Gasteiger partial charge in [0.1, 0.15) is 5.82 Å². The Balaban J connectivity index is 2.63. The molecule has 0 bridgehead atoms. The van der Waals surface area contributed by atoms with E-state index in [0.717, 1.165) is 24.8 Å². The highest BCUT2D eigenvalue weighted by Crippen LogP contribution is 2.46. The van der Waals surface area contributed by atoms with Gasteiger partial charge in [-0.25, -0.2) is 4.39 Å². The lowest BCUT2D eigenvalue weighted by Gasteiger charge is -2.18. The summed E-state index contributed by atoms with van der Waals surface area (Å²) in [4.78, 5) is 0. The number of hydrogen-bond donors (Lipinski definition) is 0. The molecule has 1 saturated carbocycles. The molecule has 1 aliphatic carbocycles. The van der Waals surface area contributed by atoms with Gasteiger partial charge in [-0.1, -0.05) is 32.4 Å². The van der Waals surface area contributed by atoms with Crippen LogP contribution in [0.25, 0.3) is 0 Å². The first-order valence-corrected chi connectivity index (χ1v) is 6.44. The van der Waals surface area contributed by atoms with Crippen LogP contribution < -0.4 is 0 Å². The summed E-state index contributed by atoms with van der Waals surface area (Å²) in [6, 6.07) is 1.81. The Labute approximate surface area is 102 Å². The Hall–Kier alpha value is -0.560. The minimum Gasteiger partial charge on any atom is -0.205 e. The molecule has 0 atom stereocenters. The van der Waals surface area contributed by atoms with Crippen LogP contribution in [0, 0.1) is 5.82 Å². The van der Waals surface area contributed by atoms with Crippen molar-refractivity contribution in [2.75, 3.05) is 0 Å². The van der Waals surface area contributed by atoms with Crippen LogP contribution in [0.5, 0.6) is 0 Å². The number of halogens is 2. The van der Waals surface area contributed by atoms with Crippen molar-refractivity contribution in [1.82, 2.24) is 0 Å².